The molecule has 1 unspecified atom stereocenters. The standard InChI is InChI=1S/C13H21N3O2S/c1-2-3-11(16-6-4-14-5-7-16)13-15-10(9-19-13)8-12(17)18/h9,11,14H,2-8H2,1H3,(H,17,18). The molecule has 0 spiro atoms. The summed E-state index contributed by atoms with van der Waals surface area (Å²) in [7, 11) is 0. The van der Waals surface area contributed by atoms with Gasteiger partial charge in [0.1, 0.15) is 5.01 Å². The van der Waals surface area contributed by atoms with Crippen LogP contribution in [0.3, 0.4) is 0 Å². The Hall–Kier alpha value is -0.980. The average Bonchev–Trinajstić information content (AvgIpc) is 2.84. The fourth-order valence-corrected chi connectivity index (χ4v) is 3.43. The van der Waals surface area contributed by atoms with Crippen LogP contribution in [0.15, 0.2) is 5.38 Å². The highest BCUT2D eigenvalue weighted by molar-refractivity contribution is 7.09. The zero-order valence-corrected chi connectivity index (χ0v) is 12.1. The Kier molecular flexibility index (Phi) is 5.30. The van der Waals surface area contributed by atoms with E-state index in [0.717, 1.165) is 44.0 Å². The number of piperazine rings is 1. The number of hydrogen-bond acceptors (Lipinski definition) is 5. The fourth-order valence-electron chi connectivity index (χ4n) is 2.44. The van der Waals surface area contributed by atoms with Crippen molar-refractivity contribution in [3.8, 4) is 0 Å². The molecule has 2 N–H and O–H groups in total. The summed E-state index contributed by atoms with van der Waals surface area (Å²) in [6, 6.07) is 0.347. The van der Waals surface area contributed by atoms with Crippen LogP contribution in [0.2, 0.25) is 0 Å². The van der Waals surface area contributed by atoms with Gasteiger partial charge >= 0.3 is 5.97 Å². The lowest BCUT2D eigenvalue weighted by Gasteiger charge is -2.33. The Morgan fingerprint density at radius 3 is 2.95 bits per heavy atom. The van der Waals surface area contributed by atoms with Gasteiger partial charge in [0.05, 0.1) is 18.2 Å². The van der Waals surface area contributed by atoms with E-state index >= 15 is 0 Å². The molecule has 1 fully saturated rings. The maximum Gasteiger partial charge on any atom is 0.309 e. The minimum atomic E-state index is -0.814. The number of aromatic nitrogens is 1. The van der Waals surface area contributed by atoms with Gasteiger partial charge in [-0.05, 0) is 6.42 Å². The molecule has 0 aliphatic carbocycles. The molecule has 0 saturated carbocycles. The lowest BCUT2D eigenvalue weighted by Crippen LogP contribution is -2.45. The van der Waals surface area contributed by atoms with Gasteiger partial charge in [0, 0.05) is 31.6 Å². The number of thiazole rings is 1. The summed E-state index contributed by atoms with van der Waals surface area (Å²) >= 11 is 1.60. The summed E-state index contributed by atoms with van der Waals surface area (Å²) in [6.07, 6.45) is 2.22. The van der Waals surface area contributed by atoms with Crippen LogP contribution in [0.4, 0.5) is 0 Å². The van der Waals surface area contributed by atoms with E-state index in [1.807, 2.05) is 5.38 Å². The molecule has 2 heterocycles. The predicted molar refractivity (Wildman–Crippen MR) is 75.5 cm³/mol. The molecule has 1 aliphatic rings. The van der Waals surface area contributed by atoms with Gasteiger partial charge in [0.15, 0.2) is 0 Å². The fraction of sp³-hybridized carbons (Fsp3) is 0.692. The van der Waals surface area contributed by atoms with Crippen LogP contribution in [-0.4, -0.2) is 47.1 Å². The Labute approximate surface area is 117 Å². The third kappa shape index (κ3) is 3.99. The smallest absolute Gasteiger partial charge is 0.309 e. The second-order valence-electron chi connectivity index (χ2n) is 4.84. The zero-order chi connectivity index (χ0) is 13.7. The van der Waals surface area contributed by atoms with E-state index in [-0.39, 0.29) is 6.42 Å². The largest absolute Gasteiger partial charge is 0.481 e. The molecule has 2 rings (SSSR count). The normalized spacial score (nSPS) is 18.4. The van der Waals surface area contributed by atoms with E-state index in [4.69, 9.17) is 5.11 Å². The molecule has 106 valence electrons. The summed E-state index contributed by atoms with van der Waals surface area (Å²) in [6.45, 7) is 6.30. The van der Waals surface area contributed by atoms with Gasteiger partial charge in [-0.15, -0.1) is 11.3 Å². The van der Waals surface area contributed by atoms with Crippen molar-refractivity contribution in [2.45, 2.75) is 32.2 Å². The van der Waals surface area contributed by atoms with E-state index in [2.05, 4.69) is 22.1 Å². The second kappa shape index (κ2) is 6.98. The maximum atomic E-state index is 10.7. The van der Waals surface area contributed by atoms with E-state index in [1.165, 1.54) is 0 Å². The van der Waals surface area contributed by atoms with Crippen LogP contribution in [0.5, 0.6) is 0 Å². The van der Waals surface area contributed by atoms with Crippen LogP contribution in [0, 0.1) is 0 Å². The minimum absolute atomic E-state index is 0.0247. The molecular formula is C13H21N3O2S. The molecule has 1 atom stereocenters. The topological polar surface area (TPSA) is 65.5 Å². The number of carboxylic acids is 1. The molecule has 19 heavy (non-hydrogen) atoms. The van der Waals surface area contributed by atoms with Gasteiger partial charge in [-0.25, -0.2) is 4.98 Å². The number of carboxylic acid groups (broad SMARTS) is 1. The molecule has 1 aromatic heterocycles. The van der Waals surface area contributed by atoms with Gasteiger partial charge in [-0.3, -0.25) is 9.69 Å². The quantitative estimate of drug-likeness (QED) is 0.828. The molecule has 0 radical (unpaired) electrons. The Balaban J connectivity index is 2.08. The van der Waals surface area contributed by atoms with Gasteiger partial charge in [0.25, 0.3) is 0 Å². The van der Waals surface area contributed by atoms with Crippen molar-refractivity contribution in [3.63, 3.8) is 0 Å². The number of nitrogens with zero attached hydrogens (tertiary/aromatic N) is 2. The van der Waals surface area contributed by atoms with Crippen molar-refractivity contribution in [2.24, 2.45) is 0 Å². The van der Waals surface area contributed by atoms with Crippen LogP contribution < -0.4 is 5.32 Å². The first-order chi connectivity index (χ1) is 9.20. The minimum Gasteiger partial charge on any atom is -0.481 e. The van der Waals surface area contributed by atoms with E-state index in [1.54, 1.807) is 11.3 Å². The lowest BCUT2D eigenvalue weighted by molar-refractivity contribution is -0.136. The van der Waals surface area contributed by atoms with Crippen molar-refractivity contribution in [3.05, 3.63) is 16.1 Å². The van der Waals surface area contributed by atoms with Crippen LogP contribution in [0.25, 0.3) is 0 Å². The molecule has 1 saturated heterocycles. The van der Waals surface area contributed by atoms with Gasteiger partial charge < -0.3 is 10.4 Å². The third-order valence-corrected chi connectivity index (χ3v) is 4.34. The second-order valence-corrected chi connectivity index (χ2v) is 5.73. The van der Waals surface area contributed by atoms with E-state index in [9.17, 15) is 4.79 Å². The average molecular weight is 283 g/mol. The molecular weight excluding hydrogens is 262 g/mol. The molecule has 6 heteroatoms. The molecule has 0 aromatic carbocycles. The van der Waals surface area contributed by atoms with Gasteiger partial charge in [-0.2, -0.15) is 0 Å². The third-order valence-electron chi connectivity index (χ3n) is 3.34. The first-order valence-corrected chi connectivity index (χ1v) is 7.69. The first-order valence-electron chi connectivity index (χ1n) is 6.81. The highest BCUT2D eigenvalue weighted by Crippen LogP contribution is 2.28. The Bertz CT molecular complexity index is 416. The van der Waals surface area contributed by atoms with Crippen molar-refractivity contribution in [1.29, 1.82) is 0 Å². The van der Waals surface area contributed by atoms with Crippen LogP contribution >= 0.6 is 11.3 Å². The van der Waals surface area contributed by atoms with Crippen LogP contribution in [-0.2, 0) is 11.2 Å². The summed E-state index contributed by atoms with van der Waals surface area (Å²) in [5, 5.41) is 15.1. The van der Waals surface area contributed by atoms with Gasteiger partial charge in [-0.1, -0.05) is 13.3 Å². The van der Waals surface area contributed by atoms with Crippen molar-refractivity contribution >= 4 is 17.3 Å². The van der Waals surface area contributed by atoms with Crippen molar-refractivity contribution in [2.75, 3.05) is 26.2 Å². The number of rotatable bonds is 6. The number of aliphatic carboxylic acids is 1. The summed E-state index contributed by atoms with van der Waals surface area (Å²) in [4.78, 5) is 17.7. The Morgan fingerprint density at radius 2 is 2.32 bits per heavy atom. The summed E-state index contributed by atoms with van der Waals surface area (Å²) < 4.78 is 0. The summed E-state index contributed by atoms with van der Waals surface area (Å²) in [5.74, 6) is -0.814. The van der Waals surface area contributed by atoms with Gasteiger partial charge in [0.2, 0.25) is 0 Å². The molecule has 0 amide bonds. The molecule has 0 bridgehead atoms. The van der Waals surface area contributed by atoms with E-state index in [0.29, 0.717) is 11.7 Å². The summed E-state index contributed by atoms with van der Waals surface area (Å²) in [5.41, 5.74) is 0.684. The zero-order valence-electron chi connectivity index (χ0n) is 11.3. The van der Waals surface area contributed by atoms with Crippen molar-refractivity contribution in [1.82, 2.24) is 15.2 Å². The highest BCUT2D eigenvalue weighted by atomic mass is 32.1. The number of nitrogens with one attached hydrogen (secondary N) is 1. The van der Waals surface area contributed by atoms with Crippen LogP contribution in [0.1, 0.15) is 36.5 Å². The predicted octanol–water partition coefficient (Wildman–Crippen LogP) is 1.52. The lowest BCUT2D eigenvalue weighted by atomic mass is 10.1. The van der Waals surface area contributed by atoms with E-state index < -0.39 is 5.97 Å². The highest BCUT2D eigenvalue weighted by Gasteiger charge is 2.24. The molecule has 1 aromatic rings. The monoisotopic (exact) mass is 283 g/mol. The van der Waals surface area contributed by atoms with Crippen molar-refractivity contribution < 1.29 is 9.90 Å². The molecule has 1 aliphatic heterocycles. The number of carbonyl (C=O) groups is 1. The SMILES string of the molecule is CCCC(c1nc(CC(=O)O)cs1)N1CCNCC1. The number of hydrogen-bond donors (Lipinski definition) is 2. The molecule has 5 nitrogen and oxygen atoms in total. The maximum absolute atomic E-state index is 10.7. The Morgan fingerprint density at radius 1 is 1.58 bits per heavy atom. The first kappa shape index (κ1) is 14.4.